The number of nitrogens with zero attached hydrogens (tertiary/aromatic N) is 1. The molecule has 0 heterocycles. The van der Waals surface area contributed by atoms with Crippen LogP contribution < -0.4 is 5.32 Å². The minimum absolute atomic E-state index is 0.0774. The standard InChI is InChI=1S/C24H25FN2O/c1-3-18-9-7-8-12-22(18)26-23(28)17-27(2)24(19-10-5-4-6-11-19)20-13-15-21(25)16-14-20/h4-16,24H,3,17H2,1-2H3,(H,26,28). The van der Waals surface area contributed by atoms with Crippen molar-refractivity contribution in [3.63, 3.8) is 0 Å². The van der Waals surface area contributed by atoms with Gasteiger partial charge in [0.25, 0.3) is 0 Å². The molecule has 3 nitrogen and oxygen atoms in total. The number of halogens is 1. The van der Waals surface area contributed by atoms with Crippen molar-refractivity contribution in [2.24, 2.45) is 0 Å². The first-order chi connectivity index (χ1) is 13.6. The summed E-state index contributed by atoms with van der Waals surface area (Å²) in [6.07, 6.45) is 0.856. The number of amides is 1. The molecule has 1 unspecified atom stereocenters. The van der Waals surface area contributed by atoms with E-state index in [0.717, 1.165) is 28.8 Å². The summed E-state index contributed by atoms with van der Waals surface area (Å²) in [5.41, 5.74) is 3.95. The molecule has 1 atom stereocenters. The molecule has 3 aromatic carbocycles. The van der Waals surface area contributed by atoms with Crippen LogP contribution in [-0.2, 0) is 11.2 Å². The maximum absolute atomic E-state index is 13.4. The van der Waals surface area contributed by atoms with Crippen molar-refractivity contribution in [1.82, 2.24) is 4.90 Å². The highest BCUT2D eigenvalue weighted by molar-refractivity contribution is 5.93. The van der Waals surface area contributed by atoms with Crippen molar-refractivity contribution >= 4 is 11.6 Å². The second kappa shape index (κ2) is 9.29. The van der Waals surface area contributed by atoms with E-state index < -0.39 is 0 Å². The molecule has 0 saturated carbocycles. The number of anilines is 1. The molecule has 0 aliphatic heterocycles. The fraction of sp³-hybridized carbons (Fsp3) is 0.208. The number of hydrogen-bond acceptors (Lipinski definition) is 2. The van der Waals surface area contributed by atoms with E-state index in [-0.39, 0.29) is 24.3 Å². The Morgan fingerprint density at radius 1 is 0.929 bits per heavy atom. The highest BCUT2D eigenvalue weighted by atomic mass is 19.1. The summed E-state index contributed by atoms with van der Waals surface area (Å²) in [5.74, 6) is -0.349. The average Bonchev–Trinajstić information content (AvgIpc) is 2.71. The van der Waals surface area contributed by atoms with Gasteiger partial charge in [0.05, 0.1) is 12.6 Å². The predicted molar refractivity (Wildman–Crippen MR) is 112 cm³/mol. The topological polar surface area (TPSA) is 32.3 Å². The summed E-state index contributed by atoms with van der Waals surface area (Å²) in [4.78, 5) is 14.7. The highest BCUT2D eigenvalue weighted by Gasteiger charge is 2.21. The van der Waals surface area contributed by atoms with E-state index in [9.17, 15) is 9.18 Å². The molecule has 144 valence electrons. The number of rotatable bonds is 7. The van der Waals surface area contributed by atoms with Crippen LogP contribution in [0.1, 0.15) is 29.7 Å². The quantitative estimate of drug-likeness (QED) is 0.626. The van der Waals surface area contributed by atoms with Gasteiger partial charge >= 0.3 is 0 Å². The van der Waals surface area contributed by atoms with E-state index >= 15 is 0 Å². The third kappa shape index (κ3) is 4.84. The van der Waals surface area contributed by atoms with Crippen LogP contribution in [0.25, 0.3) is 0 Å². The minimum atomic E-state index is -0.271. The molecule has 3 aromatic rings. The molecule has 0 aliphatic carbocycles. The van der Waals surface area contributed by atoms with E-state index in [1.54, 1.807) is 12.1 Å². The first-order valence-corrected chi connectivity index (χ1v) is 9.47. The Balaban J connectivity index is 1.80. The van der Waals surface area contributed by atoms with Crippen molar-refractivity contribution in [3.8, 4) is 0 Å². The van der Waals surface area contributed by atoms with Gasteiger partial charge in [-0.15, -0.1) is 0 Å². The van der Waals surface area contributed by atoms with Gasteiger partial charge in [-0.2, -0.15) is 0 Å². The van der Waals surface area contributed by atoms with E-state index in [0.29, 0.717) is 0 Å². The van der Waals surface area contributed by atoms with E-state index in [1.165, 1.54) is 12.1 Å². The van der Waals surface area contributed by atoms with Gasteiger partial charge in [-0.1, -0.05) is 67.6 Å². The maximum Gasteiger partial charge on any atom is 0.238 e. The molecule has 0 fully saturated rings. The summed E-state index contributed by atoms with van der Waals surface area (Å²) in [6, 6.07) is 24.1. The summed E-state index contributed by atoms with van der Waals surface area (Å²) >= 11 is 0. The SMILES string of the molecule is CCc1ccccc1NC(=O)CN(C)C(c1ccccc1)c1ccc(F)cc1. The Hall–Kier alpha value is -2.98. The molecule has 0 spiro atoms. The Kier molecular flexibility index (Phi) is 6.56. The van der Waals surface area contributed by atoms with Gasteiger partial charge in [-0.05, 0) is 48.4 Å². The van der Waals surface area contributed by atoms with E-state index in [4.69, 9.17) is 0 Å². The Morgan fingerprint density at radius 3 is 2.21 bits per heavy atom. The lowest BCUT2D eigenvalue weighted by Crippen LogP contribution is -2.34. The van der Waals surface area contributed by atoms with Crippen molar-refractivity contribution in [2.75, 3.05) is 18.9 Å². The third-order valence-corrected chi connectivity index (χ3v) is 4.81. The molecule has 3 rings (SSSR count). The largest absolute Gasteiger partial charge is 0.325 e. The van der Waals surface area contributed by atoms with Gasteiger partial charge < -0.3 is 5.32 Å². The molecule has 4 heteroatoms. The fourth-order valence-corrected chi connectivity index (χ4v) is 3.44. The Bertz CT molecular complexity index is 909. The van der Waals surface area contributed by atoms with Crippen molar-refractivity contribution < 1.29 is 9.18 Å². The van der Waals surface area contributed by atoms with Crippen LogP contribution in [0.5, 0.6) is 0 Å². The second-order valence-corrected chi connectivity index (χ2v) is 6.84. The third-order valence-electron chi connectivity index (χ3n) is 4.81. The van der Waals surface area contributed by atoms with Crippen LogP contribution in [0.15, 0.2) is 78.9 Å². The van der Waals surface area contributed by atoms with Gasteiger partial charge in [0.15, 0.2) is 0 Å². The van der Waals surface area contributed by atoms with Crippen LogP contribution in [0.2, 0.25) is 0 Å². The van der Waals surface area contributed by atoms with Gasteiger partial charge in [-0.3, -0.25) is 9.69 Å². The number of likely N-dealkylation sites (N-methyl/N-ethyl adjacent to an activating group) is 1. The highest BCUT2D eigenvalue weighted by Crippen LogP contribution is 2.27. The number of nitrogens with one attached hydrogen (secondary N) is 1. The molecule has 0 bridgehead atoms. The number of benzene rings is 3. The summed E-state index contributed by atoms with van der Waals surface area (Å²) in [5, 5.41) is 3.02. The Labute approximate surface area is 165 Å². The monoisotopic (exact) mass is 376 g/mol. The van der Waals surface area contributed by atoms with Gasteiger partial charge in [-0.25, -0.2) is 4.39 Å². The van der Waals surface area contributed by atoms with Crippen LogP contribution in [0, 0.1) is 5.82 Å². The van der Waals surface area contributed by atoms with Crippen LogP contribution >= 0.6 is 0 Å². The van der Waals surface area contributed by atoms with Crippen molar-refractivity contribution in [3.05, 3.63) is 101 Å². The van der Waals surface area contributed by atoms with Gasteiger partial charge in [0, 0.05) is 5.69 Å². The first-order valence-electron chi connectivity index (χ1n) is 9.47. The molecule has 0 radical (unpaired) electrons. The molecule has 1 amide bonds. The zero-order valence-corrected chi connectivity index (χ0v) is 16.2. The fourth-order valence-electron chi connectivity index (χ4n) is 3.44. The molecule has 0 saturated heterocycles. The number of aryl methyl sites for hydroxylation is 1. The molecule has 0 aliphatic rings. The smallest absolute Gasteiger partial charge is 0.238 e. The van der Waals surface area contributed by atoms with Crippen molar-refractivity contribution in [1.29, 1.82) is 0 Å². The van der Waals surface area contributed by atoms with Gasteiger partial charge in [0.2, 0.25) is 5.91 Å². The lowest BCUT2D eigenvalue weighted by atomic mass is 9.97. The number of carbonyl (C=O) groups excluding carboxylic acids is 1. The Morgan fingerprint density at radius 2 is 1.54 bits per heavy atom. The molecule has 1 N–H and O–H groups in total. The molecular formula is C24H25FN2O. The van der Waals surface area contributed by atoms with Crippen molar-refractivity contribution in [2.45, 2.75) is 19.4 Å². The second-order valence-electron chi connectivity index (χ2n) is 6.84. The lowest BCUT2D eigenvalue weighted by molar-refractivity contribution is -0.117. The van der Waals surface area contributed by atoms with E-state index in [1.807, 2.05) is 66.5 Å². The zero-order chi connectivity index (χ0) is 19.9. The lowest BCUT2D eigenvalue weighted by Gasteiger charge is -2.28. The summed E-state index contributed by atoms with van der Waals surface area (Å²) in [7, 11) is 1.91. The number of hydrogen-bond donors (Lipinski definition) is 1. The van der Waals surface area contributed by atoms with Gasteiger partial charge in [0.1, 0.15) is 5.82 Å². The minimum Gasteiger partial charge on any atom is -0.325 e. The normalized spacial score (nSPS) is 12.0. The number of carbonyl (C=O) groups is 1. The number of para-hydroxylation sites is 1. The maximum atomic E-state index is 13.4. The molecule has 0 aromatic heterocycles. The molecular weight excluding hydrogens is 351 g/mol. The average molecular weight is 376 g/mol. The van der Waals surface area contributed by atoms with E-state index in [2.05, 4.69) is 12.2 Å². The van der Waals surface area contributed by atoms with Crippen LogP contribution in [0.4, 0.5) is 10.1 Å². The summed E-state index contributed by atoms with van der Waals surface area (Å²) < 4.78 is 13.4. The first kappa shape index (κ1) is 19.8. The van der Waals surface area contributed by atoms with Crippen LogP contribution in [-0.4, -0.2) is 24.4 Å². The zero-order valence-electron chi connectivity index (χ0n) is 16.2. The molecule has 28 heavy (non-hydrogen) atoms. The van der Waals surface area contributed by atoms with Crippen LogP contribution in [0.3, 0.4) is 0 Å². The summed E-state index contributed by atoms with van der Waals surface area (Å²) in [6.45, 7) is 2.28. The predicted octanol–water partition coefficient (Wildman–Crippen LogP) is 5.05.